The van der Waals surface area contributed by atoms with Gasteiger partial charge in [0.2, 0.25) is 0 Å². The highest BCUT2D eigenvalue weighted by Crippen LogP contribution is 2.21. The minimum atomic E-state index is -0.883. The number of non-ortho nitro benzene ring substituents is 1. The monoisotopic (exact) mass is 347 g/mol. The molecule has 1 aromatic carbocycles. The van der Waals surface area contributed by atoms with Crippen LogP contribution in [0.5, 0.6) is 0 Å². The van der Waals surface area contributed by atoms with Crippen molar-refractivity contribution in [3.05, 3.63) is 58.0 Å². The molecule has 2 N–H and O–H groups in total. The average Bonchev–Trinajstić information content (AvgIpc) is 3.11. The number of nitro benzene ring substituents is 1. The van der Waals surface area contributed by atoms with Crippen molar-refractivity contribution in [1.29, 1.82) is 0 Å². The first-order chi connectivity index (χ1) is 11.9. The molecule has 1 atom stereocenters. The molecule has 0 saturated heterocycles. The van der Waals surface area contributed by atoms with E-state index in [0.717, 1.165) is 0 Å². The van der Waals surface area contributed by atoms with Crippen LogP contribution in [-0.4, -0.2) is 30.4 Å². The molecule has 2 aromatic rings. The Kier molecular flexibility index (Phi) is 5.85. The van der Waals surface area contributed by atoms with Crippen LogP contribution < -0.4 is 10.6 Å². The van der Waals surface area contributed by atoms with Crippen molar-refractivity contribution >= 4 is 23.2 Å². The quantitative estimate of drug-likeness (QED) is 0.467. The molecule has 132 valence electrons. The van der Waals surface area contributed by atoms with Gasteiger partial charge in [0.25, 0.3) is 5.69 Å². The van der Waals surface area contributed by atoms with Crippen LogP contribution in [0.3, 0.4) is 0 Å². The molecule has 0 aliphatic rings. The van der Waals surface area contributed by atoms with Gasteiger partial charge in [0.15, 0.2) is 0 Å². The number of rotatable bonds is 6. The highest BCUT2D eigenvalue weighted by molar-refractivity contribution is 6.39. The van der Waals surface area contributed by atoms with Crippen molar-refractivity contribution in [2.24, 2.45) is 0 Å². The van der Waals surface area contributed by atoms with Gasteiger partial charge in [-0.1, -0.05) is 0 Å². The smallest absolute Gasteiger partial charge is 0.313 e. The van der Waals surface area contributed by atoms with Gasteiger partial charge in [-0.3, -0.25) is 19.7 Å². The van der Waals surface area contributed by atoms with Crippen molar-refractivity contribution in [3.63, 3.8) is 0 Å². The van der Waals surface area contributed by atoms with Crippen LogP contribution in [-0.2, 0) is 14.3 Å². The molecule has 0 aliphatic carbocycles. The number of nitrogens with zero attached hydrogens (tertiary/aromatic N) is 1. The van der Waals surface area contributed by atoms with E-state index >= 15 is 0 Å². The topological polar surface area (TPSA) is 124 Å². The molecule has 2 rings (SSSR count). The van der Waals surface area contributed by atoms with E-state index in [2.05, 4.69) is 10.6 Å². The van der Waals surface area contributed by atoms with Gasteiger partial charge in [-0.05, 0) is 30.7 Å². The molecule has 0 bridgehead atoms. The highest BCUT2D eigenvalue weighted by Gasteiger charge is 2.19. The molecule has 25 heavy (non-hydrogen) atoms. The van der Waals surface area contributed by atoms with Crippen LogP contribution in [0.15, 0.2) is 41.0 Å². The molecule has 9 heteroatoms. The number of hydrogen-bond donors (Lipinski definition) is 2. The maximum absolute atomic E-state index is 11.9. The predicted octanol–water partition coefficient (Wildman–Crippen LogP) is 1.94. The first-order valence-corrected chi connectivity index (χ1v) is 7.32. The van der Waals surface area contributed by atoms with E-state index in [1.165, 1.54) is 31.6 Å². The van der Waals surface area contributed by atoms with E-state index in [1.807, 2.05) is 0 Å². The molecule has 2 amide bonds. The zero-order valence-corrected chi connectivity index (χ0v) is 13.6. The number of benzene rings is 1. The van der Waals surface area contributed by atoms with Crippen molar-refractivity contribution in [2.75, 3.05) is 19.0 Å². The molecule has 1 aromatic heterocycles. The second-order valence-electron chi connectivity index (χ2n) is 5.16. The van der Waals surface area contributed by atoms with Crippen molar-refractivity contribution in [1.82, 2.24) is 5.32 Å². The minimum absolute atomic E-state index is 0.0511. The van der Waals surface area contributed by atoms with Gasteiger partial charge in [-0.15, -0.1) is 0 Å². The average molecular weight is 347 g/mol. The summed E-state index contributed by atoms with van der Waals surface area (Å²) in [5, 5.41) is 15.6. The second-order valence-corrected chi connectivity index (χ2v) is 5.16. The predicted molar refractivity (Wildman–Crippen MR) is 87.9 cm³/mol. The van der Waals surface area contributed by atoms with Gasteiger partial charge in [0, 0.05) is 24.9 Å². The SMILES string of the molecule is COC(CNC(=O)C(=O)Nc1ccc([N+](=O)[O-])cc1C)c1ccco1. The summed E-state index contributed by atoms with van der Waals surface area (Å²) in [7, 11) is 1.46. The molecule has 0 radical (unpaired) electrons. The molecule has 0 saturated carbocycles. The molecule has 0 fully saturated rings. The van der Waals surface area contributed by atoms with Crippen LogP contribution in [0, 0.1) is 17.0 Å². The lowest BCUT2D eigenvalue weighted by Gasteiger charge is -2.14. The Morgan fingerprint density at radius 1 is 1.32 bits per heavy atom. The van der Waals surface area contributed by atoms with Crippen LogP contribution in [0.25, 0.3) is 0 Å². The number of carbonyl (C=O) groups excluding carboxylic acids is 2. The summed E-state index contributed by atoms with van der Waals surface area (Å²) in [5.74, 6) is -1.22. The van der Waals surface area contributed by atoms with Crippen molar-refractivity contribution in [2.45, 2.75) is 13.0 Å². The lowest BCUT2D eigenvalue weighted by Crippen LogP contribution is -2.38. The molecule has 1 unspecified atom stereocenters. The largest absolute Gasteiger partial charge is 0.467 e. The molecular formula is C16H17N3O6. The van der Waals surface area contributed by atoms with Gasteiger partial charge in [0.05, 0.1) is 17.7 Å². The van der Waals surface area contributed by atoms with E-state index in [1.54, 1.807) is 19.1 Å². The highest BCUT2D eigenvalue weighted by atomic mass is 16.6. The minimum Gasteiger partial charge on any atom is -0.467 e. The number of aryl methyl sites for hydroxylation is 1. The third kappa shape index (κ3) is 4.64. The van der Waals surface area contributed by atoms with E-state index < -0.39 is 22.8 Å². The summed E-state index contributed by atoms with van der Waals surface area (Å²) >= 11 is 0. The number of nitrogens with one attached hydrogen (secondary N) is 2. The van der Waals surface area contributed by atoms with Crippen LogP contribution in [0.1, 0.15) is 17.4 Å². The molecule has 1 heterocycles. The Labute approximate surface area is 143 Å². The fourth-order valence-corrected chi connectivity index (χ4v) is 2.12. The van der Waals surface area contributed by atoms with Crippen LogP contribution >= 0.6 is 0 Å². The number of nitro groups is 1. The third-order valence-corrected chi connectivity index (χ3v) is 3.47. The molecule has 0 aliphatic heterocycles. The number of amides is 2. The fourth-order valence-electron chi connectivity index (χ4n) is 2.12. The van der Waals surface area contributed by atoms with E-state index in [-0.39, 0.29) is 12.2 Å². The molecule has 0 spiro atoms. The van der Waals surface area contributed by atoms with E-state index in [4.69, 9.17) is 9.15 Å². The number of carbonyl (C=O) groups is 2. The normalized spacial score (nSPS) is 11.6. The number of methoxy groups -OCH3 is 1. The Morgan fingerprint density at radius 3 is 2.64 bits per heavy atom. The maximum Gasteiger partial charge on any atom is 0.313 e. The number of ether oxygens (including phenoxy) is 1. The lowest BCUT2D eigenvalue weighted by molar-refractivity contribution is -0.384. The van der Waals surface area contributed by atoms with Crippen LogP contribution in [0.2, 0.25) is 0 Å². The first kappa shape index (κ1) is 18.1. The van der Waals surface area contributed by atoms with E-state index in [9.17, 15) is 19.7 Å². The lowest BCUT2D eigenvalue weighted by atomic mass is 10.2. The van der Waals surface area contributed by atoms with Gasteiger partial charge in [0.1, 0.15) is 11.9 Å². The summed E-state index contributed by atoms with van der Waals surface area (Å²) in [5.41, 5.74) is 0.696. The standard InChI is InChI=1S/C16H17N3O6/c1-10-8-11(19(22)23)5-6-12(10)18-16(21)15(20)17-9-14(24-2)13-4-3-7-25-13/h3-8,14H,9H2,1-2H3,(H,17,20)(H,18,21). The Balaban J connectivity index is 1.94. The van der Waals surface area contributed by atoms with Gasteiger partial charge in [-0.2, -0.15) is 0 Å². The second kappa shape index (κ2) is 8.06. The van der Waals surface area contributed by atoms with Crippen LogP contribution in [0.4, 0.5) is 11.4 Å². The first-order valence-electron chi connectivity index (χ1n) is 7.32. The third-order valence-electron chi connectivity index (χ3n) is 3.47. The Morgan fingerprint density at radius 2 is 2.08 bits per heavy atom. The number of anilines is 1. The summed E-state index contributed by atoms with van der Waals surface area (Å²) in [6.07, 6.45) is 0.959. The summed E-state index contributed by atoms with van der Waals surface area (Å²) in [6.45, 7) is 1.65. The zero-order chi connectivity index (χ0) is 18.4. The number of hydrogen-bond acceptors (Lipinski definition) is 6. The Bertz CT molecular complexity index is 772. The Hall–Kier alpha value is -3.20. The summed E-state index contributed by atoms with van der Waals surface area (Å²) in [4.78, 5) is 34.0. The summed E-state index contributed by atoms with van der Waals surface area (Å²) in [6, 6.07) is 7.32. The van der Waals surface area contributed by atoms with Gasteiger partial charge >= 0.3 is 11.8 Å². The zero-order valence-electron chi connectivity index (χ0n) is 13.6. The molecule has 9 nitrogen and oxygen atoms in total. The van der Waals surface area contributed by atoms with E-state index in [0.29, 0.717) is 17.0 Å². The van der Waals surface area contributed by atoms with Gasteiger partial charge < -0.3 is 19.8 Å². The van der Waals surface area contributed by atoms with Crippen molar-refractivity contribution in [3.8, 4) is 0 Å². The maximum atomic E-state index is 11.9. The summed E-state index contributed by atoms with van der Waals surface area (Å²) < 4.78 is 10.4. The number of furan rings is 1. The van der Waals surface area contributed by atoms with Gasteiger partial charge in [-0.25, -0.2) is 0 Å². The molecular weight excluding hydrogens is 330 g/mol. The fraction of sp³-hybridized carbons (Fsp3) is 0.250. The van der Waals surface area contributed by atoms with Crippen molar-refractivity contribution < 1.29 is 23.7 Å².